The van der Waals surface area contributed by atoms with Gasteiger partial charge < -0.3 is 10.2 Å². The van der Waals surface area contributed by atoms with Gasteiger partial charge in [-0.05, 0) is 57.3 Å². The normalized spacial score (nSPS) is 11.2. The van der Waals surface area contributed by atoms with E-state index >= 15 is 0 Å². The van der Waals surface area contributed by atoms with Crippen LogP contribution in [0.2, 0.25) is 0 Å². The predicted octanol–water partition coefficient (Wildman–Crippen LogP) is 3.00. The van der Waals surface area contributed by atoms with Crippen LogP contribution in [0.25, 0.3) is 0 Å². The van der Waals surface area contributed by atoms with Crippen LogP contribution in [0, 0.1) is 0 Å². The monoisotopic (exact) mass is 254 g/mol. The summed E-state index contributed by atoms with van der Waals surface area (Å²) in [4.78, 5) is 3.95. The quantitative estimate of drug-likeness (QED) is 0.646. The van der Waals surface area contributed by atoms with Crippen LogP contribution in [-0.4, -0.2) is 38.1 Å². The molecule has 0 atom stereocenters. The van der Waals surface area contributed by atoms with Gasteiger partial charge >= 0.3 is 0 Å². The molecule has 0 bridgehead atoms. The molecular formula is C14H26N2S. The molecule has 0 unspecified atom stereocenters. The Kier molecular flexibility index (Phi) is 8.32. The van der Waals surface area contributed by atoms with Crippen molar-refractivity contribution in [2.45, 2.75) is 32.6 Å². The van der Waals surface area contributed by atoms with Gasteiger partial charge in [0.25, 0.3) is 0 Å². The summed E-state index contributed by atoms with van der Waals surface area (Å²) in [5.41, 5.74) is 0. The van der Waals surface area contributed by atoms with Crippen molar-refractivity contribution in [2.24, 2.45) is 0 Å². The molecule has 0 aliphatic heterocycles. The fraction of sp³-hybridized carbons (Fsp3) is 0.714. The molecule has 2 nitrogen and oxygen atoms in total. The van der Waals surface area contributed by atoms with Crippen LogP contribution in [0.3, 0.4) is 0 Å². The first kappa shape index (κ1) is 14.7. The van der Waals surface area contributed by atoms with E-state index in [1.807, 2.05) is 11.3 Å². The average Bonchev–Trinajstić information content (AvgIpc) is 2.83. The van der Waals surface area contributed by atoms with Crippen LogP contribution in [-0.2, 0) is 6.42 Å². The number of rotatable bonds is 10. The molecule has 98 valence electrons. The highest BCUT2D eigenvalue weighted by Crippen LogP contribution is 2.11. The number of nitrogens with zero attached hydrogens (tertiary/aromatic N) is 1. The maximum absolute atomic E-state index is 3.44. The van der Waals surface area contributed by atoms with Crippen LogP contribution in [0.4, 0.5) is 0 Å². The molecule has 0 aliphatic carbocycles. The molecule has 0 aromatic carbocycles. The minimum Gasteiger partial charge on any atom is -0.315 e. The van der Waals surface area contributed by atoms with Gasteiger partial charge in [0.15, 0.2) is 0 Å². The molecule has 1 N–H and O–H groups in total. The Morgan fingerprint density at radius 2 is 2.12 bits per heavy atom. The third-order valence-corrected chi connectivity index (χ3v) is 3.83. The highest BCUT2D eigenvalue weighted by Gasteiger charge is 1.98. The van der Waals surface area contributed by atoms with Gasteiger partial charge in [0.2, 0.25) is 0 Å². The minimum atomic E-state index is 1.12. The predicted molar refractivity (Wildman–Crippen MR) is 77.9 cm³/mol. The molecule has 0 radical (unpaired) electrons. The lowest BCUT2D eigenvalue weighted by Crippen LogP contribution is -2.30. The van der Waals surface area contributed by atoms with Gasteiger partial charge in [0, 0.05) is 18.0 Å². The summed E-state index contributed by atoms with van der Waals surface area (Å²) in [5.74, 6) is 0. The number of likely N-dealkylation sites (N-methyl/N-ethyl adjacent to an activating group) is 1. The zero-order chi connectivity index (χ0) is 12.3. The second-order valence-electron chi connectivity index (χ2n) is 4.59. The molecule has 0 aliphatic rings. The lowest BCUT2D eigenvalue weighted by molar-refractivity contribution is 0.324. The number of unbranched alkanes of at least 4 members (excludes halogenated alkanes) is 1. The van der Waals surface area contributed by atoms with Gasteiger partial charge in [-0.2, -0.15) is 0 Å². The van der Waals surface area contributed by atoms with Crippen molar-refractivity contribution < 1.29 is 0 Å². The Labute approximate surface area is 110 Å². The molecule has 1 aromatic rings. The van der Waals surface area contributed by atoms with Gasteiger partial charge in [-0.25, -0.2) is 0 Å². The Balaban J connectivity index is 1.91. The molecule has 17 heavy (non-hydrogen) atoms. The van der Waals surface area contributed by atoms with E-state index in [0.717, 1.165) is 13.1 Å². The summed E-state index contributed by atoms with van der Waals surface area (Å²) >= 11 is 1.88. The minimum absolute atomic E-state index is 1.12. The van der Waals surface area contributed by atoms with E-state index in [4.69, 9.17) is 0 Å². The van der Waals surface area contributed by atoms with Gasteiger partial charge in [0.1, 0.15) is 0 Å². The molecule has 0 amide bonds. The highest BCUT2D eigenvalue weighted by molar-refractivity contribution is 7.09. The Morgan fingerprint density at radius 1 is 1.24 bits per heavy atom. The number of nitrogens with one attached hydrogen (secondary N) is 1. The fourth-order valence-corrected chi connectivity index (χ4v) is 2.57. The summed E-state index contributed by atoms with van der Waals surface area (Å²) in [6.45, 7) is 6.86. The van der Waals surface area contributed by atoms with Crippen LogP contribution in [0.1, 0.15) is 31.1 Å². The Morgan fingerprint density at radius 3 is 2.82 bits per heavy atom. The van der Waals surface area contributed by atoms with Crippen LogP contribution < -0.4 is 5.32 Å². The molecule has 1 heterocycles. The second kappa shape index (κ2) is 9.63. The standard InChI is InChI=1S/C14H26N2S/c1-3-9-15-10-12-16(2)11-5-4-7-14-8-6-13-17-14/h6,8,13,15H,3-5,7,9-12H2,1-2H3. The van der Waals surface area contributed by atoms with E-state index in [1.54, 1.807) is 0 Å². The molecule has 1 rings (SSSR count). The largest absolute Gasteiger partial charge is 0.315 e. The molecular weight excluding hydrogens is 228 g/mol. The lowest BCUT2D eigenvalue weighted by atomic mass is 10.2. The van der Waals surface area contributed by atoms with E-state index in [0.29, 0.717) is 0 Å². The maximum atomic E-state index is 3.44. The molecule has 0 spiro atoms. The van der Waals surface area contributed by atoms with Crippen molar-refractivity contribution in [1.82, 2.24) is 10.2 Å². The van der Waals surface area contributed by atoms with Crippen molar-refractivity contribution >= 4 is 11.3 Å². The third-order valence-electron chi connectivity index (χ3n) is 2.89. The summed E-state index contributed by atoms with van der Waals surface area (Å²) in [7, 11) is 2.22. The van der Waals surface area contributed by atoms with Crippen molar-refractivity contribution in [3.63, 3.8) is 0 Å². The van der Waals surface area contributed by atoms with Crippen LogP contribution in [0.15, 0.2) is 17.5 Å². The first-order chi connectivity index (χ1) is 8.33. The van der Waals surface area contributed by atoms with E-state index < -0.39 is 0 Å². The number of hydrogen-bond acceptors (Lipinski definition) is 3. The number of hydrogen-bond donors (Lipinski definition) is 1. The summed E-state index contributed by atoms with van der Waals surface area (Å²) in [6.07, 6.45) is 5.10. The average molecular weight is 254 g/mol. The van der Waals surface area contributed by atoms with E-state index in [-0.39, 0.29) is 0 Å². The Hall–Kier alpha value is -0.380. The molecule has 3 heteroatoms. The molecule has 0 saturated heterocycles. The van der Waals surface area contributed by atoms with Crippen LogP contribution >= 0.6 is 11.3 Å². The van der Waals surface area contributed by atoms with Crippen molar-refractivity contribution in [3.05, 3.63) is 22.4 Å². The van der Waals surface area contributed by atoms with E-state index in [9.17, 15) is 0 Å². The van der Waals surface area contributed by atoms with Gasteiger partial charge in [-0.15, -0.1) is 11.3 Å². The van der Waals surface area contributed by atoms with E-state index in [2.05, 4.69) is 41.7 Å². The SMILES string of the molecule is CCCNCCN(C)CCCCc1cccs1. The zero-order valence-corrected chi connectivity index (χ0v) is 12.1. The third kappa shape index (κ3) is 7.53. The second-order valence-corrected chi connectivity index (χ2v) is 5.62. The summed E-state index contributed by atoms with van der Waals surface area (Å²) in [5, 5.41) is 5.61. The number of aryl methyl sites for hydroxylation is 1. The van der Waals surface area contributed by atoms with Gasteiger partial charge in [-0.1, -0.05) is 13.0 Å². The Bertz CT molecular complexity index is 259. The molecule has 0 saturated carbocycles. The fourth-order valence-electron chi connectivity index (χ4n) is 1.82. The number of thiophene rings is 1. The maximum Gasteiger partial charge on any atom is 0.0104 e. The lowest BCUT2D eigenvalue weighted by Gasteiger charge is -2.16. The van der Waals surface area contributed by atoms with E-state index in [1.165, 1.54) is 43.6 Å². The first-order valence-corrected chi connectivity index (χ1v) is 7.62. The van der Waals surface area contributed by atoms with Gasteiger partial charge in [0.05, 0.1) is 0 Å². The highest BCUT2D eigenvalue weighted by atomic mass is 32.1. The van der Waals surface area contributed by atoms with Crippen LogP contribution in [0.5, 0.6) is 0 Å². The van der Waals surface area contributed by atoms with Crippen molar-refractivity contribution in [3.8, 4) is 0 Å². The zero-order valence-electron chi connectivity index (χ0n) is 11.2. The summed E-state index contributed by atoms with van der Waals surface area (Å²) < 4.78 is 0. The first-order valence-electron chi connectivity index (χ1n) is 6.74. The molecule has 1 aromatic heterocycles. The topological polar surface area (TPSA) is 15.3 Å². The van der Waals surface area contributed by atoms with Crippen molar-refractivity contribution in [1.29, 1.82) is 0 Å². The summed E-state index contributed by atoms with van der Waals surface area (Å²) in [6, 6.07) is 4.38. The van der Waals surface area contributed by atoms with Gasteiger partial charge in [-0.3, -0.25) is 0 Å². The molecule has 0 fully saturated rings. The smallest absolute Gasteiger partial charge is 0.0104 e. The van der Waals surface area contributed by atoms with Crippen molar-refractivity contribution in [2.75, 3.05) is 33.2 Å².